The first-order chi connectivity index (χ1) is 21.8. The van der Waals surface area contributed by atoms with Crippen LogP contribution in [-0.2, 0) is 0 Å². The second kappa shape index (κ2) is 12.4. The van der Waals surface area contributed by atoms with Gasteiger partial charge in [-0.1, -0.05) is 163 Å². The third-order valence-corrected chi connectivity index (χ3v) is 12.8. The Morgan fingerprint density at radius 1 is 0.364 bits per heavy atom. The highest BCUT2D eigenvalue weighted by Crippen LogP contribution is 2.36. The highest BCUT2D eigenvalue weighted by Gasteiger charge is 2.36. The van der Waals surface area contributed by atoms with Gasteiger partial charge in [-0.05, 0) is 68.3 Å². The van der Waals surface area contributed by atoms with Crippen molar-refractivity contribution in [2.24, 2.45) is 0 Å². The minimum absolute atomic E-state index is 1.13. The number of para-hydroxylation sites is 1. The Morgan fingerprint density at radius 3 is 1.34 bits per heavy atom. The van der Waals surface area contributed by atoms with Crippen molar-refractivity contribution < 1.29 is 0 Å². The average molecular weight is 580 g/mol. The lowest BCUT2D eigenvalue weighted by atomic mass is 10.1. The first-order valence-electron chi connectivity index (χ1n) is 15.1. The van der Waals surface area contributed by atoms with Crippen LogP contribution in [0.5, 0.6) is 0 Å². The third-order valence-electron chi connectivity index (χ3n) is 8.37. The van der Waals surface area contributed by atoms with E-state index in [0.29, 0.717) is 0 Å². The molecule has 0 unspecified atom stereocenters. The molecule has 44 heavy (non-hydrogen) atoms. The van der Waals surface area contributed by atoms with Gasteiger partial charge in [0.15, 0.2) is 8.07 Å². The average Bonchev–Trinajstić information content (AvgIpc) is 3.11. The molecule has 0 spiro atoms. The summed E-state index contributed by atoms with van der Waals surface area (Å²) in [4.78, 5) is 2.33. The Morgan fingerprint density at radius 2 is 0.795 bits per heavy atom. The predicted octanol–water partition coefficient (Wildman–Crippen LogP) is 9.03. The summed E-state index contributed by atoms with van der Waals surface area (Å²) in [6, 6.07) is 67.8. The van der Waals surface area contributed by atoms with Crippen LogP contribution in [0.2, 0.25) is 0 Å². The molecule has 0 atom stereocenters. The van der Waals surface area contributed by atoms with E-state index in [9.17, 15) is 0 Å². The fraction of sp³-hybridized carbons (Fsp3) is 0. The first-order valence-corrected chi connectivity index (χ1v) is 17.2. The number of anilines is 3. The van der Waals surface area contributed by atoms with Crippen LogP contribution in [0.15, 0.2) is 194 Å². The van der Waals surface area contributed by atoms with E-state index in [2.05, 4.69) is 205 Å². The fourth-order valence-electron chi connectivity index (χ4n) is 6.19. The summed E-state index contributed by atoms with van der Waals surface area (Å²) in [6.07, 6.45) is 2.33. The van der Waals surface area contributed by atoms with Gasteiger partial charge in [-0.25, -0.2) is 0 Å². The third kappa shape index (κ3) is 5.40. The predicted molar refractivity (Wildman–Crippen MR) is 192 cm³/mol. The molecule has 0 fully saturated rings. The summed E-state index contributed by atoms with van der Waals surface area (Å²) in [7, 11) is -2.46. The van der Waals surface area contributed by atoms with Crippen LogP contribution >= 0.6 is 0 Å². The lowest BCUT2D eigenvalue weighted by Crippen LogP contribution is -2.66. The van der Waals surface area contributed by atoms with Crippen LogP contribution in [0.25, 0.3) is 16.8 Å². The summed E-state index contributed by atoms with van der Waals surface area (Å²) < 4.78 is 0. The minimum atomic E-state index is -2.46. The van der Waals surface area contributed by atoms with Gasteiger partial charge in [0.2, 0.25) is 0 Å². The number of rotatable bonds is 8. The van der Waals surface area contributed by atoms with Crippen LogP contribution in [0, 0.1) is 0 Å². The molecule has 0 saturated carbocycles. The molecule has 0 amide bonds. The maximum atomic E-state index is 2.50. The molecule has 2 heteroatoms. The number of hydrogen-bond acceptors (Lipinski definition) is 1. The summed E-state index contributed by atoms with van der Waals surface area (Å²) in [6.45, 7) is 0. The second-order valence-corrected chi connectivity index (χ2v) is 14.7. The Balaban J connectivity index is 1.31. The van der Waals surface area contributed by atoms with Crippen LogP contribution in [0.3, 0.4) is 0 Å². The molecular weight excluding hydrogens is 547 g/mol. The van der Waals surface area contributed by atoms with Crippen LogP contribution < -0.4 is 20.5 Å². The van der Waals surface area contributed by atoms with Gasteiger partial charge in [0, 0.05) is 17.1 Å². The Kier molecular flexibility index (Phi) is 7.74. The molecule has 0 radical (unpaired) electrons. The van der Waals surface area contributed by atoms with Crippen molar-refractivity contribution in [1.82, 2.24) is 0 Å². The van der Waals surface area contributed by atoms with Crippen molar-refractivity contribution in [2.45, 2.75) is 0 Å². The monoisotopic (exact) mass is 579 g/mol. The lowest BCUT2D eigenvalue weighted by Gasteiger charge is -2.30. The van der Waals surface area contributed by atoms with E-state index in [1.807, 2.05) is 0 Å². The quantitative estimate of drug-likeness (QED) is 0.128. The molecule has 210 valence electrons. The molecule has 0 N–H and O–H groups in total. The van der Waals surface area contributed by atoms with E-state index >= 15 is 0 Å². The molecule has 0 aliphatic carbocycles. The molecule has 0 bridgehead atoms. The zero-order valence-electron chi connectivity index (χ0n) is 24.5. The Bertz CT molecular complexity index is 1890. The van der Waals surface area contributed by atoms with Gasteiger partial charge in [-0.2, -0.15) is 0 Å². The van der Waals surface area contributed by atoms with E-state index in [-0.39, 0.29) is 0 Å². The van der Waals surface area contributed by atoms with E-state index in [1.165, 1.54) is 31.9 Å². The summed E-state index contributed by atoms with van der Waals surface area (Å²) in [5, 5.41) is 6.59. The fourth-order valence-corrected chi connectivity index (χ4v) is 10.4. The molecule has 0 saturated heterocycles. The second-order valence-electron chi connectivity index (χ2n) is 11.0. The normalized spacial score (nSPS) is 11.5. The number of benzene rings is 7. The van der Waals surface area contributed by atoms with Crippen molar-refractivity contribution in [2.75, 3.05) is 4.90 Å². The zero-order valence-corrected chi connectivity index (χ0v) is 25.5. The molecule has 0 aromatic heterocycles. The largest absolute Gasteiger partial charge is 0.310 e. The molecule has 1 nitrogen and oxygen atoms in total. The maximum Gasteiger partial charge on any atom is 0.172 e. The molecule has 0 heterocycles. The van der Waals surface area contributed by atoms with Crippen molar-refractivity contribution >= 4 is 57.5 Å². The molecule has 0 aliphatic heterocycles. The van der Waals surface area contributed by atoms with Gasteiger partial charge in [0.1, 0.15) is 0 Å². The summed E-state index contributed by atoms with van der Waals surface area (Å²) >= 11 is 0. The van der Waals surface area contributed by atoms with Crippen LogP contribution in [0.1, 0.15) is 5.56 Å². The summed E-state index contributed by atoms with van der Waals surface area (Å²) in [5.74, 6) is 0. The van der Waals surface area contributed by atoms with Gasteiger partial charge >= 0.3 is 0 Å². The van der Waals surface area contributed by atoms with Crippen molar-refractivity contribution in [3.63, 3.8) is 0 Å². The zero-order chi connectivity index (χ0) is 29.6. The van der Waals surface area contributed by atoms with Crippen LogP contribution in [0.4, 0.5) is 17.1 Å². The summed E-state index contributed by atoms with van der Waals surface area (Å²) in [5.41, 5.74) is 7.08. The lowest BCUT2D eigenvalue weighted by molar-refractivity contribution is 1.29. The van der Waals surface area contributed by atoms with E-state index in [1.54, 1.807) is 0 Å². The topological polar surface area (TPSA) is 3.24 Å². The number of hydrogen-bond donors (Lipinski definition) is 0. The highest BCUT2D eigenvalue weighted by atomic mass is 28.3. The molecule has 7 aromatic carbocycles. The van der Waals surface area contributed by atoms with Gasteiger partial charge in [-0.3, -0.25) is 0 Å². The molecular formula is C42H33NSi. The van der Waals surface area contributed by atoms with E-state index < -0.39 is 8.07 Å². The number of nitrogens with zero attached hydrogens (tertiary/aromatic N) is 1. The van der Waals surface area contributed by atoms with Crippen molar-refractivity contribution in [3.8, 4) is 0 Å². The Labute approximate surface area is 261 Å². The number of fused-ring (bicyclic) bond motifs is 1. The maximum absolute atomic E-state index is 2.50. The van der Waals surface area contributed by atoms with Crippen molar-refractivity contribution in [3.05, 3.63) is 199 Å². The van der Waals surface area contributed by atoms with Gasteiger partial charge in [-0.15, -0.1) is 0 Å². The van der Waals surface area contributed by atoms with E-state index in [0.717, 1.165) is 17.1 Å². The SMILES string of the molecule is C(=C\[Si](c1ccccc1)(c1ccccc1)c1ccccc1)/c1ccc(N(c2ccccc2)c2ccc3ccccc3c2)cc1. The van der Waals surface area contributed by atoms with E-state index in [4.69, 9.17) is 0 Å². The van der Waals surface area contributed by atoms with Crippen LogP contribution in [-0.4, -0.2) is 8.07 Å². The molecule has 7 rings (SSSR count). The first kappa shape index (κ1) is 27.4. The molecule has 0 aliphatic rings. The van der Waals surface area contributed by atoms with Gasteiger partial charge in [0.25, 0.3) is 0 Å². The highest BCUT2D eigenvalue weighted by molar-refractivity contribution is 7.15. The standard InChI is InChI=1S/C42H33NSi/c1-5-17-37(18-6-1)43(39-30-27-35-15-13-14-16-36(35)33-39)38-28-25-34(26-29-38)31-32-44(40-19-7-2-8-20-40,41-21-9-3-10-22-41)42-23-11-4-12-24-42/h1-33H/b32-31+. The van der Waals surface area contributed by atoms with Gasteiger partial charge < -0.3 is 4.90 Å². The minimum Gasteiger partial charge on any atom is -0.310 e. The molecule has 7 aromatic rings. The van der Waals surface area contributed by atoms with Gasteiger partial charge in [0.05, 0.1) is 0 Å². The smallest absolute Gasteiger partial charge is 0.172 e. The van der Waals surface area contributed by atoms with Crippen molar-refractivity contribution in [1.29, 1.82) is 0 Å². The Hall–Kier alpha value is -5.44.